The Balaban J connectivity index is 2.59. The molecule has 0 bridgehead atoms. The molecule has 4 heteroatoms. The average molecular weight is 281 g/mol. The van der Waals surface area contributed by atoms with Crippen molar-refractivity contribution in [3.05, 3.63) is 29.6 Å². The highest BCUT2D eigenvalue weighted by atomic mass is 19.1. The molecule has 1 rings (SSSR count). The molecule has 0 saturated carbocycles. The Labute approximate surface area is 120 Å². The van der Waals surface area contributed by atoms with E-state index in [-0.39, 0.29) is 23.4 Å². The Hall–Kier alpha value is -1.42. The summed E-state index contributed by atoms with van der Waals surface area (Å²) in [5.41, 5.74) is 6.00. The van der Waals surface area contributed by atoms with Crippen LogP contribution in [-0.4, -0.2) is 19.4 Å². The smallest absolute Gasteiger partial charge is 0.168 e. The second kappa shape index (κ2) is 7.39. The Bertz CT molecular complexity index is 458. The first-order chi connectivity index (χ1) is 9.39. The zero-order chi connectivity index (χ0) is 15.2. The van der Waals surface area contributed by atoms with Gasteiger partial charge in [0.25, 0.3) is 0 Å². The van der Waals surface area contributed by atoms with Gasteiger partial charge in [0.1, 0.15) is 5.78 Å². The van der Waals surface area contributed by atoms with Crippen LogP contribution < -0.4 is 10.5 Å². The van der Waals surface area contributed by atoms with E-state index in [4.69, 9.17) is 10.5 Å². The Kier molecular flexibility index (Phi) is 6.14. The van der Waals surface area contributed by atoms with E-state index in [9.17, 15) is 9.18 Å². The lowest BCUT2D eigenvalue weighted by Gasteiger charge is -2.23. The van der Waals surface area contributed by atoms with Crippen molar-refractivity contribution in [3.63, 3.8) is 0 Å². The zero-order valence-electron chi connectivity index (χ0n) is 12.5. The predicted molar refractivity (Wildman–Crippen MR) is 78.3 cm³/mol. The number of carbonyl (C=O) groups is 1. The summed E-state index contributed by atoms with van der Waals surface area (Å²) in [5.74, 6) is -0.217. The number of hydrogen-bond donors (Lipinski definition) is 1. The maximum atomic E-state index is 13.9. The molecular weight excluding hydrogens is 257 g/mol. The van der Waals surface area contributed by atoms with E-state index < -0.39 is 5.82 Å². The molecule has 0 atom stereocenters. The van der Waals surface area contributed by atoms with Gasteiger partial charge in [-0.05, 0) is 36.4 Å². The molecule has 20 heavy (non-hydrogen) atoms. The van der Waals surface area contributed by atoms with Crippen LogP contribution >= 0.6 is 0 Å². The fraction of sp³-hybridized carbons (Fsp3) is 0.562. The second-order valence-corrected chi connectivity index (χ2v) is 5.85. The molecule has 112 valence electrons. The zero-order valence-corrected chi connectivity index (χ0v) is 12.5. The van der Waals surface area contributed by atoms with Gasteiger partial charge in [0, 0.05) is 12.8 Å². The summed E-state index contributed by atoms with van der Waals surface area (Å²) in [7, 11) is 1.42. The first kappa shape index (κ1) is 16.6. The standard InChI is InChI=1S/C16H24FNO2/c1-16(2,9-10-18)8-7-13(19)11-12-5-4-6-14(20-3)15(12)17/h4-6H,7-11,18H2,1-3H3. The number of nitrogens with two attached hydrogens (primary N) is 1. The van der Waals surface area contributed by atoms with Crippen LogP contribution in [0.15, 0.2) is 18.2 Å². The quantitative estimate of drug-likeness (QED) is 0.796. The van der Waals surface area contributed by atoms with E-state index in [0.29, 0.717) is 18.5 Å². The van der Waals surface area contributed by atoms with Gasteiger partial charge in [0.2, 0.25) is 0 Å². The number of rotatable bonds is 8. The summed E-state index contributed by atoms with van der Waals surface area (Å²) in [6, 6.07) is 4.87. The average Bonchev–Trinajstić information content (AvgIpc) is 2.39. The lowest BCUT2D eigenvalue weighted by atomic mass is 9.83. The third-order valence-electron chi connectivity index (χ3n) is 3.55. The first-order valence-corrected chi connectivity index (χ1v) is 6.93. The van der Waals surface area contributed by atoms with E-state index in [1.807, 2.05) is 0 Å². The van der Waals surface area contributed by atoms with Crippen LogP contribution in [0.4, 0.5) is 4.39 Å². The first-order valence-electron chi connectivity index (χ1n) is 6.93. The van der Waals surface area contributed by atoms with Gasteiger partial charge in [-0.3, -0.25) is 4.79 Å². The molecular formula is C16H24FNO2. The highest BCUT2D eigenvalue weighted by molar-refractivity contribution is 5.81. The van der Waals surface area contributed by atoms with Crippen LogP contribution in [0.25, 0.3) is 0 Å². The molecule has 1 aromatic carbocycles. The van der Waals surface area contributed by atoms with Crippen molar-refractivity contribution in [1.82, 2.24) is 0 Å². The molecule has 0 spiro atoms. The van der Waals surface area contributed by atoms with Gasteiger partial charge in [-0.25, -0.2) is 4.39 Å². The number of carbonyl (C=O) groups excluding carboxylic acids is 1. The Morgan fingerprint density at radius 1 is 1.35 bits per heavy atom. The third kappa shape index (κ3) is 4.93. The summed E-state index contributed by atoms with van der Waals surface area (Å²) in [6.07, 6.45) is 2.22. The minimum atomic E-state index is -0.440. The maximum absolute atomic E-state index is 13.9. The van der Waals surface area contributed by atoms with Crippen LogP contribution in [0.2, 0.25) is 0 Å². The summed E-state index contributed by atoms with van der Waals surface area (Å²) < 4.78 is 18.8. The third-order valence-corrected chi connectivity index (χ3v) is 3.55. The topological polar surface area (TPSA) is 52.3 Å². The van der Waals surface area contributed by atoms with E-state index in [1.54, 1.807) is 18.2 Å². The minimum absolute atomic E-state index is 0.0437. The summed E-state index contributed by atoms with van der Waals surface area (Å²) in [4.78, 5) is 12.0. The van der Waals surface area contributed by atoms with E-state index in [1.165, 1.54) is 7.11 Å². The van der Waals surface area contributed by atoms with Gasteiger partial charge in [-0.2, -0.15) is 0 Å². The molecule has 0 amide bonds. The number of halogens is 1. The molecule has 0 aliphatic carbocycles. The van der Waals surface area contributed by atoms with Gasteiger partial charge < -0.3 is 10.5 Å². The van der Waals surface area contributed by atoms with Gasteiger partial charge in [0.05, 0.1) is 7.11 Å². The lowest BCUT2D eigenvalue weighted by molar-refractivity contribution is -0.119. The molecule has 0 saturated heterocycles. The SMILES string of the molecule is COc1cccc(CC(=O)CCC(C)(C)CCN)c1F. The molecule has 1 aromatic rings. The summed E-state index contributed by atoms with van der Waals surface area (Å²) in [5, 5.41) is 0. The minimum Gasteiger partial charge on any atom is -0.494 e. The normalized spacial score (nSPS) is 11.4. The maximum Gasteiger partial charge on any atom is 0.168 e. The number of ether oxygens (including phenoxy) is 1. The van der Waals surface area contributed by atoms with Crippen LogP contribution in [0, 0.1) is 11.2 Å². The highest BCUT2D eigenvalue weighted by Crippen LogP contribution is 2.27. The van der Waals surface area contributed by atoms with Crippen LogP contribution in [0.3, 0.4) is 0 Å². The van der Waals surface area contributed by atoms with Crippen molar-refractivity contribution in [2.75, 3.05) is 13.7 Å². The molecule has 0 aliphatic heterocycles. The molecule has 2 N–H and O–H groups in total. The van der Waals surface area contributed by atoms with Gasteiger partial charge in [-0.15, -0.1) is 0 Å². The monoisotopic (exact) mass is 281 g/mol. The summed E-state index contributed by atoms with van der Waals surface area (Å²) in [6.45, 7) is 4.81. The van der Waals surface area contributed by atoms with E-state index >= 15 is 0 Å². The van der Waals surface area contributed by atoms with Gasteiger partial charge >= 0.3 is 0 Å². The van der Waals surface area contributed by atoms with Crippen LogP contribution in [-0.2, 0) is 11.2 Å². The number of benzene rings is 1. The molecule has 0 radical (unpaired) electrons. The van der Waals surface area contributed by atoms with Crippen molar-refractivity contribution in [2.24, 2.45) is 11.1 Å². The number of Topliss-reactive ketones (excluding diaryl/α,β-unsaturated/α-hetero) is 1. The van der Waals surface area contributed by atoms with Crippen molar-refractivity contribution in [2.45, 2.75) is 39.5 Å². The Morgan fingerprint density at radius 3 is 2.65 bits per heavy atom. The largest absolute Gasteiger partial charge is 0.494 e. The number of hydrogen-bond acceptors (Lipinski definition) is 3. The summed E-state index contributed by atoms with van der Waals surface area (Å²) >= 11 is 0. The molecule has 0 heterocycles. The molecule has 0 aromatic heterocycles. The van der Waals surface area contributed by atoms with Crippen molar-refractivity contribution in [1.29, 1.82) is 0 Å². The van der Waals surface area contributed by atoms with Crippen molar-refractivity contribution in [3.8, 4) is 5.75 Å². The highest BCUT2D eigenvalue weighted by Gasteiger charge is 2.19. The van der Waals surface area contributed by atoms with E-state index in [0.717, 1.165) is 12.8 Å². The molecule has 0 unspecified atom stereocenters. The predicted octanol–water partition coefficient (Wildman–Crippen LogP) is 3.10. The van der Waals surface area contributed by atoms with Crippen LogP contribution in [0.5, 0.6) is 5.75 Å². The molecule has 0 fully saturated rings. The van der Waals surface area contributed by atoms with E-state index in [2.05, 4.69) is 13.8 Å². The van der Waals surface area contributed by atoms with Crippen molar-refractivity contribution < 1.29 is 13.9 Å². The second-order valence-electron chi connectivity index (χ2n) is 5.85. The fourth-order valence-electron chi connectivity index (χ4n) is 2.14. The molecule has 3 nitrogen and oxygen atoms in total. The number of methoxy groups -OCH3 is 1. The fourth-order valence-corrected chi connectivity index (χ4v) is 2.14. The van der Waals surface area contributed by atoms with Crippen molar-refractivity contribution >= 4 is 5.78 Å². The lowest BCUT2D eigenvalue weighted by Crippen LogP contribution is -2.19. The van der Waals surface area contributed by atoms with Gasteiger partial charge in [-0.1, -0.05) is 26.0 Å². The van der Waals surface area contributed by atoms with Gasteiger partial charge in [0.15, 0.2) is 11.6 Å². The molecule has 0 aliphatic rings. The van der Waals surface area contributed by atoms with Crippen LogP contribution in [0.1, 0.15) is 38.7 Å². The number of ketones is 1. The Morgan fingerprint density at radius 2 is 2.05 bits per heavy atom.